The molecule has 0 radical (unpaired) electrons. The van der Waals surface area contributed by atoms with Crippen LogP contribution in [-0.2, 0) is 0 Å². The second-order valence-electron chi connectivity index (χ2n) is 7.22. The zero-order chi connectivity index (χ0) is 16.9. The van der Waals surface area contributed by atoms with Crippen molar-refractivity contribution < 1.29 is 9.90 Å². The maximum absolute atomic E-state index is 12.2. The van der Waals surface area contributed by atoms with E-state index in [1.807, 2.05) is 39.0 Å². The first-order valence-corrected chi connectivity index (χ1v) is 7.95. The summed E-state index contributed by atoms with van der Waals surface area (Å²) in [5.74, 6) is 0.349. The third kappa shape index (κ3) is 5.68. The lowest BCUT2D eigenvalue weighted by molar-refractivity contribution is 0.129. The van der Waals surface area contributed by atoms with Crippen molar-refractivity contribution in [1.29, 1.82) is 0 Å². The smallest absolute Gasteiger partial charge is 0.319 e. The molecule has 0 saturated heterocycles. The van der Waals surface area contributed by atoms with E-state index in [0.717, 1.165) is 16.8 Å². The van der Waals surface area contributed by atoms with Crippen LogP contribution in [0, 0.1) is 12.3 Å². The molecule has 4 nitrogen and oxygen atoms in total. The minimum absolute atomic E-state index is 0.141. The molecular formula is C18H30N2O2. The van der Waals surface area contributed by atoms with E-state index in [9.17, 15) is 9.90 Å². The highest BCUT2D eigenvalue weighted by atomic mass is 16.3. The van der Waals surface area contributed by atoms with Crippen LogP contribution in [0.2, 0.25) is 0 Å². The Labute approximate surface area is 134 Å². The molecule has 22 heavy (non-hydrogen) atoms. The first-order valence-electron chi connectivity index (χ1n) is 7.95. The summed E-state index contributed by atoms with van der Waals surface area (Å²) in [5.41, 5.74) is 2.95. The van der Waals surface area contributed by atoms with Gasteiger partial charge in [-0.25, -0.2) is 4.79 Å². The van der Waals surface area contributed by atoms with Gasteiger partial charge in [0.1, 0.15) is 0 Å². The van der Waals surface area contributed by atoms with Gasteiger partial charge in [-0.1, -0.05) is 45.9 Å². The van der Waals surface area contributed by atoms with E-state index in [1.165, 1.54) is 0 Å². The van der Waals surface area contributed by atoms with Crippen LogP contribution in [0.3, 0.4) is 0 Å². The zero-order valence-corrected chi connectivity index (χ0v) is 14.7. The molecule has 1 atom stereocenters. The maximum Gasteiger partial charge on any atom is 0.319 e. The molecule has 0 aliphatic carbocycles. The molecule has 1 unspecified atom stereocenters. The number of hydrogen-bond acceptors (Lipinski definition) is 2. The highest BCUT2D eigenvalue weighted by molar-refractivity contribution is 5.91. The fourth-order valence-electron chi connectivity index (χ4n) is 2.69. The largest absolute Gasteiger partial charge is 0.393 e. The molecule has 3 N–H and O–H groups in total. The van der Waals surface area contributed by atoms with Crippen molar-refractivity contribution in [3.63, 3.8) is 0 Å². The number of aliphatic hydroxyl groups excluding tert-OH is 1. The normalized spacial score (nSPS) is 13.1. The second-order valence-corrected chi connectivity index (χ2v) is 7.22. The Balaban J connectivity index is 2.70. The maximum atomic E-state index is 12.2. The molecule has 2 amide bonds. The number of aryl methyl sites for hydroxylation is 1. The van der Waals surface area contributed by atoms with E-state index in [0.29, 0.717) is 18.9 Å². The van der Waals surface area contributed by atoms with Crippen LogP contribution in [0.5, 0.6) is 0 Å². The van der Waals surface area contributed by atoms with Crippen molar-refractivity contribution in [2.24, 2.45) is 5.41 Å². The molecular weight excluding hydrogens is 276 g/mol. The summed E-state index contributed by atoms with van der Waals surface area (Å²) in [6, 6.07) is 5.86. The average molecular weight is 306 g/mol. The summed E-state index contributed by atoms with van der Waals surface area (Å²) in [7, 11) is 0. The van der Waals surface area contributed by atoms with Gasteiger partial charge in [0.2, 0.25) is 0 Å². The lowest BCUT2D eigenvalue weighted by Crippen LogP contribution is -2.38. The van der Waals surface area contributed by atoms with Gasteiger partial charge in [-0.05, 0) is 42.7 Å². The Hall–Kier alpha value is -1.55. The summed E-state index contributed by atoms with van der Waals surface area (Å²) in [6.45, 7) is 12.6. The van der Waals surface area contributed by atoms with Crippen LogP contribution in [-0.4, -0.2) is 23.8 Å². The highest BCUT2D eigenvalue weighted by Gasteiger charge is 2.21. The number of amides is 2. The Bertz CT molecular complexity index is 508. The number of para-hydroxylation sites is 1. The van der Waals surface area contributed by atoms with Crippen molar-refractivity contribution >= 4 is 11.7 Å². The first-order chi connectivity index (χ1) is 10.1. The molecule has 0 heterocycles. The van der Waals surface area contributed by atoms with Gasteiger partial charge in [0.15, 0.2) is 0 Å². The number of urea groups is 1. The van der Waals surface area contributed by atoms with Crippen LogP contribution >= 0.6 is 0 Å². The van der Waals surface area contributed by atoms with Gasteiger partial charge in [0.05, 0.1) is 6.10 Å². The molecule has 0 fully saturated rings. The lowest BCUT2D eigenvalue weighted by Gasteiger charge is -2.26. The minimum Gasteiger partial charge on any atom is -0.393 e. The van der Waals surface area contributed by atoms with Gasteiger partial charge < -0.3 is 15.7 Å². The van der Waals surface area contributed by atoms with Crippen LogP contribution in [0.4, 0.5) is 10.5 Å². The fourth-order valence-corrected chi connectivity index (χ4v) is 2.69. The van der Waals surface area contributed by atoms with Crippen molar-refractivity contribution in [3.05, 3.63) is 29.3 Å². The fraction of sp³-hybridized carbons (Fsp3) is 0.611. The predicted octanol–water partition coefficient (Wildman–Crippen LogP) is 4.04. The van der Waals surface area contributed by atoms with Crippen LogP contribution in [0.1, 0.15) is 58.1 Å². The number of rotatable bonds is 6. The number of hydrogen-bond donors (Lipinski definition) is 3. The number of benzene rings is 1. The predicted molar refractivity (Wildman–Crippen MR) is 92.4 cm³/mol. The lowest BCUT2D eigenvalue weighted by atomic mass is 9.87. The Kier molecular flexibility index (Phi) is 6.42. The summed E-state index contributed by atoms with van der Waals surface area (Å²) >= 11 is 0. The van der Waals surface area contributed by atoms with Gasteiger partial charge in [0, 0.05) is 12.2 Å². The molecule has 0 saturated carbocycles. The Morgan fingerprint density at radius 2 is 1.91 bits per heavy atom. The molecule has 0 spiro atoms. The molecule has 0 aromatic heterocycles. The van der Waals surface area contributed by atoms with Crippen LogP contribution < -0.4 is 10.6 Å². The summed E-state index contributed by atoms with van der Waals surface area (Å²) < 4.78 is 0. The molecule has 0 bridgehead atoms. The van der Waals surface area contributed by atoms with E-state index in [-0.39, 0.29) is 17.6 Å². The standard InChI is InChI=1S/C18H30N2O2/c1-12(2)15-9-7-8-13(3)16(15)20-17(22)19-11-18(5,6)10-14(4)21/h7-9,12,14,21H,10-11H2,1-6H3,(H2,19,20,22). The van der Waals surface area contributed by atoms with E-state index in [2.05, 4.69) is 24.5 Å². The van der Waals surface area contributed by atoms with Gasteiger partial charge in [-0.2, -0.15) is 0 Å². The Morgan fingerprint density at radius 1 is 1.27 bits per heavy atom. The minimum atomic E-state index is -0.372. The molecule has 4 heteroatoms. The molecule has 0 aliphatic rings. The van der Waals surface area contributed by atoms with Crippen molar-refractivity contribution in [3.8, 4) is 0 Å². The monoisotopic (exact) mass is 306 g/mol. The van der Waals surface area contributed by atoms with Gasteiger partial charge in [-0.15, -0.1) is 0 Å². The molecule has 0 aliphatic heterocycles. The van der Waals surface area contributed by atoms with E-state index in [4.69, 9.17) is 0 Å². The molecule has 1 aromatic carbocycles. The summed E-state index contributed by atoms with van der Waals surface area (Å²) in [4.78, 5) is 12.2. The number of aliphatic hydroxyl groups is 1. The zero-order valence-electron chi connectivity index (χ0n) is 14.7. The number of anilines is 1. The average Bonchev–Trinajstić information content (AvgIpc) is 2.37. The molecule has 124 valence electrons. The number of nitrogens with one attached hydrogen (secondary N) is 2. The molecule has 1 aromatic rings. The van der Waals surface area contributed by atoms with Crippen molar-refractivity contribution in [2.45, 2.75) is 60.0 Å². The SMILES string of the molecule is Cc1cccc(C(C)C)c1NC(=O)NCC(C)(C)CC(C)O. The second kappa shape index (κ2) is 7.63. The van der Waals surface area contributed by atoms with Crippen molar-refractivity contribution in [2.75, 3.05) is 11.9 Å². The topological polar surface area (TPSA) is 61.4 Å². The highest BCUT2D eigenvalue weighted by Crippen LogP contribution is 2.27. The third-order valence-corrected chi connectivity index (χ3v) is 3.74. The quantitative estimate of drug-likeness (QED) is 0.743. The first kappa shape index (κ1) is 18.5. The van der Waals surface area contributed by atoms with Crippen LogP contribution in [0.25, 0.3) is 0 Å². The number of carbonyl (C=O) groups is 1. The van der Waals surface area contributed by atoms with E-state index in [1.54, 1.807) is 6.92 Å². The van der Waals surface area contributed by atoms with E-state index >= 15 is 0 Å². The van der Waals surface area contributed by atoms with Gasteiger partial charge in [-0.3, -0.25) is 0 Å². The summed E-state index contributed by atoms with van der Waals surface area (Å²) in [5, 5.41) is 15.4. The van der Waals surface area contributed by atoms with Gasteiger partial charge >= 0.3 is 6.03 Å². The van der Waals surface area contributed by atoms with Crippen molar-refractivity contribution in [1.82, 2.24) is 5.32 Å². The summed E-state index contributed by atoms with van der Waals surface area (Å²) in [6.07, 6.45) is 0.276. The van der Waals surface area contributed by atoms with E-state index < -0.39 is 0 Å². The third-order valence-electron chi connectivity index (χ3n) is 3.74. The number of carbonyl (C=O) groups excluding carboxylic acids is 1. The van der Waals surface area contributed by atoms with Crippen LogP contribution in [0.15, 0.2) is 18.2 Å². The van der Waals surface area contributed by atoms with Gasteiger partial charge in [0.25, 0.3) is 0 Å². The Morgan fingerprint density at radius 3 is 2.45 bits per heavy atom. The molecule has 1 rings (SSSR count).